The summed E-state index contributed by atoms with van der Waals surface area (Å²) in [5.41, 5.74) is 3.72. The Bertz CT molecular complexity index is 559. The highest BCUT2D eigenvalue weighted by molar-refractivity contribution is 5.85. The highest BCUT2D eigenvalue weighted by atomic mass is 19.1. The Kier molecular flexibility index (Phi) is 3.08. The fourth-order valence-corrected chi connectivity index (χ4v) is 2.98. The molecule has 0 saturated carbocycles. The number of aryl methyl sites for hydroxylation is 1. The van der Waals surface area contributed by atoms with Gasteiger partial charge in [0.05, 0.1) is 0 Å². The van der Waals surface area contributed by atoms with Gasteiger partial charge < -0.3 is 10.3 Å². The molecular weight excluding hydrogens is 227 g/mol. The predicted octanol–water partition coefficient (Wildman–Crippen LogP) is 3.02. The number of hydrogen-bond acceptors (Lipinski definition) is 1. The molecule has 0 bridgehead atoms. The van der Waals surface area contributed by atoms with Crippen LogP contribution in [0.25, 0.3) is 10.9 Å². The fourth-order valence-electron chi connectivity index (χ4n) is 2.98. The number of fused-ring (bicyclic) bond motifs is 3. The molecule has 1 aliphatic carbocycles. The quantitative estimate of drug-likeness (QED) is 0.856. The van der Waals surface area contributed by atoms with Crippen molar-refractivity contribution >= 4 is 10.9 Å². The van der Waals surface area contributed by atoms with Gasteiger partial charge in [0.15, 0.2) is 0 Å². The van der Waals surface area contributed by atoms with Crippen molar-refractivity contribution in [3.05, 3.63) is 35.3 Å². The van der Waals surface area contributed by atoms with Crippen molar-refractivity contribution in [2.75, 3.05) is 13.1 Å². The second-order valence-electron chi connectivity index (χ2n) is 5.19. The Morgan fingerprint density at radius 1 is 1.44 bits per heavy atom. The van der Waals surface area contributed by atoms with Crippen molar-refractivity contribution < 1.29 is 4.39 Å². The number of nitrogens with one attached hydrogen (secondary N) is 2. The summed E-state index contributed by atoms with van der Waals surface area (Å²) < 4.78 is 13.4. The molecule has 1 heterocycles. The average Bonchev–Trinajstić information content (AvgIpc) is 2.74. The van der Waals surface area contributed by atoms with E-state index < -0.39 is 0 Å². The first-order valence-corrected chi connectivity index (χ1v) is 6.77. The van der Waals surface area contributed by atoms with E-state index in [0.717, 1.165) is 36.8 Å². The zero-order valence-corrected chi connectivity index (χ0v) is 10.7. The standard InChI is InChI=1S/C15H19FN2/c1-2-17-9-10-3-5-14-12(7-10)13-8-11(16)4-6-15(13)18-14/h4,6,8,10,17-18H,2-3,5,7,9H2,1H3. The van der Waals surface area contributed by atoms with Crippen LogP contribution in [0, 0.1) is 11.7 Å². The lowest BCUT2D eigenvalue weighted by atomic mass is 9.86. The number of rotatable bonds is 3. The van der Waals surface area contributed by atoms with Crippen LogP contribution in [0.15, 0.2) is 18.2 Å². The highest BCUT2D eigenvalue weighted by Crippen LogP contribution is 2.31. The van der Waals surface area contributed by atoms with Crippen molar-refractivity contribution in [3.63, 3.8) is 0 Å². The molecule has 0 amide bonds. The van der Waals surface area contributed by atoms with Crippen LogP contribution < -0.4 is 5.32 Å². The summed E-state index contributed by atoms with van der Waals surface area (Å²) in [5, 5.41) is 4.49. The van der Waals surface area contributed by atoms with Gasteiger partial charge in [-0.15, -0.1) is 0 Å². The summed E-state index contributed by atoms with van der Waals surface area (Å²) in [6.07, 6.45) is 3.36. The van der Waals surface area contributed by atoms with Crippen molar-refractivity contribution in [2.45, 2.75) is 26.2 Å². The van der Waals surface area contributed by atoms with Crippen LogP contribution in [0.3, 0.4) is 0 Å². The average molecular weight is 246 g/mol. The molecule has 2 nitrogen and oxygen atoms in total. The van der Waals surface area contributed by atoms with E-state index in [1.807, 2.05) is 6.07 Å². The zero-order chi connectivity index (χ0) is 12.5. The van der Waals surface area contributed by atoms with Crippen LogP contribution in [-0.2, 0) is 12.8 Å². The molecule has 3 rings (SSSR count). The first-order chi connectivity index (χ1) is 8.78. The normalized spacial score (nSPS) is 19.1. The van der Waals surface area contributed by atoms with Gasteiger partial charge in [0.2, 0.25) is 0 Å². The van der Waals surface area contributed by atoms with Crippen molar-refractivity contribution in [1.82, 2.24) is 10.3 Å². The molecule has 1 aromatic heterocycles. The SMILES string of the molecule is CCNCC1CCc2[nH]c3ccc(F)cc3c2C1. The molecule has 0 spiro atoms. The molecule has 0 radical (unpaired) electrons. The molecule has 0 fully saturated rings. The van der Waals surface area contributed by atoms with Crippen LogP contribution in [0.1, 0.15) is 24.6 Å². The minimum absolute atomic E-state index is 0.141. The van der Waals surface area contributed by atoms with E-state index in [0.29, 0.717) is 5.92 Å². The third-order valence-corrected chi connectivity index (χ3v) is 3.93. The van der Waals surface area contributed by atoms with Gasteiger partial charge >= 0.3 is 0 Å². The van der Waals surface area contributed by atoms with Crippen LogP contribution >= 0.6 is 0 Å². The third kappa shape index (κ3) is 2.03. The van der Waals surface area contributed by atoms with E-state index in [2.05, 4.69) is 17.2 Å². The molecule has 1 aliphatic rings. The summed E-state index contributed by atoms with van der Waals surface area (Å²) in [4.78, 5) is 3.43. The Morgan fingerprint density at radius 2 is 2.33 bits per heavy atom. The lowest BCUT2D eigenvalue weighted by molar-refractivity contribution is 0.429. The molecule has 3 heteroatoms. The number of aromatic nitrogens is 1. The van der Waals surface area contributed by atoms with Crippen molar-refractivity contribution in [3.8, 4) is 0 Å². The number of hydrogen-bond donors (Lipinski definition) is 2. The molecule has 18 heavy (non-hydrogen) atoms. The summed E-state index contributed by atoms with van der Waals surface area (Å²) in [6.45, 7) is 4.22. The van der Waals surface area contributed by atoms with E-state index in [-0.39, 0.29) is 5.82 Å². The van der Waals surface area contributed by atoms with E-state index >= 15 is 0 Å². The maximum absolute atomic E-state index is 13.4. The predicted molar refractivity (Wildman–Crippen MR) is 72.3 cm³/mol. The van der Waals surface area contributed by atoms with Crippen LogP contribution in [0.5, 0.6) is 0 Å². The molecule has 2 N–H and O–H groups in total. The molecule has 96 valence electrons. The lowest BCUT2D eigenvalue weighted by Gasteiger charge is -2.22. The maximum Gasteiger partial charge on any atom is 0.123 e. The third-order valence-electron chi connectivity index (χ3n) is 3.93. The van der Waals surface area contributed by atoms with Crippen LogP contribution in [0.4, 0.5) is 4.39 Å². The Morgan fingerprint density at radius 3 is 3.17 bits per heavy atom. The van der Waals surface area contributed by atoms with Gasteiger partial charge in [-0.1, -0.05) is 6.92 Å². The molecule has 1 unspecified atom stereocenters. The minimum atomic E-state index is -0.141. The second kappa shape index (κ2) is 4.73. The van der Waals surface area contributed by atoms with Gasteiger partial charge in [0.1, 0.15) is 5.82 Å². The van der Waals surface area contributed by atoms with E-state index in [9.17, 15) is 4.39 Å². The highest BCUT2D eigenvalue weighted by Gasteiger charge is 2.22. The summed E-state index contributed by atoms with van der Waals surface area (Å²) in [5.74, 6) is 0.540. The van der Waals surface area contributed by atoms with Crippen LogP contribution in [-0.4, -0.2) is 18.1 Å². The molecule has 1 aromatic carbocycles. The van der Waals surface area contributed by atoms with E-state index in [1.54, 1.807) is 6.07 Å². The Hall–Kier alpha value is -1.35. The van der Waals surface area contributed by atoms with Gasteiger partial charge in [-0.05, 0) is 62.0 Å². The summed E-state index contributed by atoms with van der Waals surface area (Å²) >= 11 is 0. The fraction of sp³-hybridized carbons (Fsp3) is 0.467. The largest absolute Gasteiger partial charge is 0.358 e. The summed E-state index contributed by atoms with van der Waals surface area (Å²) in [7, 11) is 0. The minimum Gasteiger partial charge on any atom is -0.358 e. The van der Waals surface area contributed by atoms with Gasteiger partial charge in [-0.3, -0.25) is 0 Å². The molecule has 0 aliphatic heterocycles. The van der Waals surface area contributed by atoms with E-state index in [4.69, 9.17) is 0 Å². The number of benzene rings is 1. The number of H-pyrrole nitrogens is 1. The van der Waals surface area contributed by atoms with Crippen LogP contribution in [0.2, 0.25) is 0 Å². The van der Waals surface area contributed by atoms with E-state index in [1.165, 1.54) is 23.7 Å². The Balaban J connectivity index is 1.93. The molecule has 2 aromatic rings. The summed E-state index contributed by atoms with van der Waals surface area (Å²) in [6, 6.07) is 5.04. The zero-order valence-electron chi connectivity index (χ0n) is 10.7. The maximum atomic E-state index is 13.4. The smallest absolute Gasteiger partial charge is 0.123 e. The topological polar surface area (TPSA) is 27.8 Å². The monoisotopic (exact) mass is 246 g/mol. The number of halogens is 1. The Labute approximate surface area is 107 Å². The lowest BCUT2D eigenvalue weighted by Crippen LogP contribution is -2.26. The second-order valence-corrected chi connectivity index (χ2v) is 5.19. The van der Waals surface area contributed by atoms with Gasteiger partial charge in [0.25, 0.3) is 0 Å². The van der Waals surface area contributed by atoms with Gasteiger partial charge in [-0.2, -0.15) is 0 Å². The van der Waals surface area contributed by atoms with Crippen molar-refractivity contribution in [2.24, 2.45) is 5.92 Å². The van der Waals surface area contributed by atoms with Crippen molar-refractivity contribution in [1.29, 1.82) is 0 Å². The molecule has 1 atom stereocenters. The number of aromatic amines is 1. The molecular formula is C15H19FN2. The first-order valence-electron chi connectivity index (χ1n) is 6.77. The first kappa shape index (κ1) is 11.7. The van der Waals surface area contributed by atoms with Gasteiger partial charge in [0, 0.05) is 16.6 Å². The molecule has 0 saturated heterocycles. The van der Waals surface area contributed by atoms with Gasteiger partial charge in [-0.25, -0.2) is 4.39 Å².